The number of nitrogens with two attached hydrogens (primary N) is 1. The number of nitrogens with zero attached hydrogens (tertiary/aromatic N) is 1. The van der Waals surface area contributed by atoms with Crippen molar-refractivity contribution >= 4 is 18.2 Å². The zero-order valence-corrected chi connectivity index (χ0v) is 20.9. The largest absolute Gasteiger partial charge is 0.327 e. The quantitative estimate of drug-likeness (QED) is 0.458. The number of alkyl halides is 1. The normalized spacial score (nSPS) is 14.2. The molecule has 0 bridgehead atoms. The number of nitrogens with one attached hydrogen (secondary N) is 1. The summed E-state index contributed by atoms with van der Waals surface area (Å²) < 4.78 is 26.7. The van der Waals surface area contributed by atoms with Gasteiger partial charge in [-0.05, 0) is 84.5 Å². The predicted molar refractivity (Wildman–Crippen MR) is 130 cm³/mol. The molecule has 4 nitrogen and oxygen atoms in total. The third-order valence-corrected chi connectivity index (χ3v) is 4.46. The summed E-state index contributed by atoms with van der Waals surface area (Å²) in [5.74, 6) is -0.137. The van der Waals surface area contributed by atoms with Gasteiger partial charge in [-0.3, -0.25) is 9.11 Å². The molecule has 30 heavy (non-hydrogen) atoms. The fourth-order valence-corrected chi connectivity index (χ4v) is 2.80. The van der Waals surface area contributed by atoms with E-state index < -0.39 is 0 Å². The van der Waals surface area contributed by atoms with E-state index in [1.165, 1.54) is 45.8 Å². The van der Waals surface area contributed by atoms with E-state index in [2.05, 4.69) is 16.5 Å². The molecule has 0 radical (unpaired) electrons. The molecule has 1 fully saturated rings. The number of halogens is 2. The second-order valence-electron chi connectivity index (χ2n) is 6.29. The zero-order valence-electron chi connectivity index (χ0n) is 20.1. The summed E-state index contributed by atoms with van der Waals surface area (Å²) in [4.78, 5) is 11.3. The lowest BCUT2D eigenvalue weighted by molar-refractivity contribution is -0.106. The Hall–Kier alpha value is -1.02. The highest BCUT2D eigenvalue weighted by Gasteiger charge is 2.20. The molecule has 0 aromatic heterocycles. The number of aldehydes is 1. The molecule has 1 aliphatic heterocycles. The lowest BCUT2D eigenvalue weighted by Crippen LogP contribution is -2.37. The van der Waals surface area contributed by atoms with Crippen molar-refractivity contribution in [2.45, 2.75) is 72.4 Å². The van der Waals surface area contributed by atoms with Crippen molar-refractivity contribution < 1.29 is 13.6 Å². The summed E-state index contributed by atoms with van der Waals surface area (Å²) in [6.45, 7) is 11.3. The van der Waals surface area contributed by atoms with Gasteiger partial charge in [0.25, 0.3) is 0 Å². The zero-order chi connectivity index (χ0) is 23.8. The molecule has 1 heterocycles. The van der Waals surface area contributed by atoms with Crippen molar-refractivity contribution in [2.24, 2.45) is 5.73 Å². The number of carbonyl (C=O) groups excluding carboxylic acids is 1. The van der Waals surface area contributed by atoms with Crippen LogP contribution in [0.25, 0.3) is 0 Å². The molecular weight excluding hydrogens is 404 g/mol. The van der Waals surface area contributed by atoms with Crippen LogP contribution in [0.2, 0.25) is 0 Å². The molecule has 2 unspecified atom stereocenters. The highest BCUT2D eigenvalue weighted by molar-refractivity contribution is 7.96. The Balaban J connectivity index is -0.000000508. The van der Waals surface area contributed by atoms with Gasteiger partial charge in [0.1, 0.15) is 12.1 Å². The number of rotatable bonds is 6. The van der Waals surface area contributed by atoms with Gasteiger partial charge >= 0.3 is 0 Å². The smallest absolute Gasteiger partial charge is 0.126 e. The number of hydrogen-bond donors (Lipinski definition) is 2. The van der Waals surface area contributed by atoms with Gasteiger partial charge in [-0.2, -0.15) is 0 Å². The molecular formula is C23H45F2N3OS. The lowest BCUT2D eigenvalue weighted by atomic mass is 10.00. The number of carbonyl (C=O) groups is 1. The first-order valence-corrected chi connectivity index (χ1v) is 12.0. The minimum atomic E-state index is -0.250. The van der Waals surface area contributed by atoms with Crippen LogP contribution >= 0.6 is 11.9 Å². The fraction of sp³-hybridized carbons (Fsp3) is 0.696. The van der Waals surface area contributed by atoms with Gasteiger partial charge in [-0.15, -0.1) is 0 Å². The van der Waals surface area contributed by atoms with Crippen LogP contribution in [0.15, 0.2) is 24.3 Å². The molecule has 2 rings (SSSR count). The van der Waals surface area contributed by atoms with Gasteiger partial charge in [-0.1, -0.05) is 44.0 Å². The lowest BCUT2D eigenvalue weighted by Gasteiger charge is -2.26. The van der Waals surface area contributed by atoms with Crippen LogP contribution in [0.4, 0.5) is 8.78 Å². The molecule has 1 aromatic carbocycles. The van der Waals surface area contributed by atoms with Crippen molar-refractivity contribution in [1.29, 1.82) is 0 Å². The maximum Gasteiger partial charge on any atom is 0.126 e. The monoisotopic (exact) mass is 449 g/mol. The summed E-state index contributed by atoms with van der Waals surface area (Å²) in [6, 6.07) is 7.47. The summed E-state index contributed by atoms with van der Waals surface area (Å²) in [5, 5.41) is 0. The summed E-state index contributed by atoms with van der Waals surface area (Å²) in [7, 11) is 1.89. The molecule has 0 spiro atoms. The van der Waals surface area contributed by atoms with E-state index in [9.17, 15) is 8.78 Å². The van der Waals surface area contributed by atoms with Crippen LogP contribution in [0.1, 0.15) is 59.4 Å². The van der Waals surface area contributed by atoms with Crippen LogP contribution < -0.4 is 10.5 Å². The second-order valence-corrected chi connectivity index (χ2v) is 7.11. The van der Waals surface area contributed by atoms with Gasteiger partial charge in [0.2, 0.25) is 0 Å². The third kappa shape index (κ3) is 20.3. The second kappa shape index (κ2) is 26.0. The van der Waals surface area contributed by atoms with Gasteiger partial charge in [0.05, 0.1) is 6.67 Å². The Morgan fingerprint density at radius 3 is 2.10 bits per heavy atom. The van der Waals surface area contributed by atoms with E-state index in [0.29, 0.717) is 12.5 Å². The van der Waals surface area contributed by atoms with E-state index in [1.54, 1.807) is 18.0 Å². The number of hydrogen-bond acceptors (Lipinski definition) is 5. The van der Waals surface area contributed by atoms with Crippen LogP contribution in [-0.4, -0.2) is 56.3 Å². The molecule has 2 atom stereocenters. The molecule has 0 aliphatic carbocycles. The maximum atomic E-state index is 13.5. The third-order valence-electron chi connectivity index (χ3n) is 4.05. The Kier molecular flexibility index (Phi) is 29.1. The first-order chi connectivity index (χ1) is 14.4. The van der Waals surface area contributed by atoms with E-state index in [-0.39, 0.29) is 18.5 Å². The van der Waals surface area contributed by atoms with Gasteiger partial charge in [0, 0.05) is 12.1 Å². The van der Waals surface area contributed by atoms with Crippen LogP contribution in [0.5, 0.6) is 0 Å². The van der Waals surface area contributed by atoms with Crippen LogP contribution in [0.3, 0.4) is 0 Å². The van der Waals surface area contributed by atoms with E-state index in [4.69, 9.17) is 10.5 Å². The first-order valence-electron chi connectivity index (χ1n) is 10.8. The molecule has 1 aromatic rings. The minimum Gasteiger partial charge on any atom is -0.327 e. The molecule has 178 valence electrons. The predicted octanol–water partition coefficient (Wildman–Crippen LogP) is 5.26. The van der Waals surface area contributed by atoms with Crippen molar-refractivity contribution in [3.8, 4) is 0 Å². The average Bonchev–Trinajstić information content (AvgIpc) is 3.28. The molecule has 1 saturated heterocycles. The van der Waals surface area contributed by atoms with E-state index in [1.807, 2.05) is 39.3 Å². The van der Waals surface area contributed by atoms with E-state index >= 15 is 0 Å². The summed E-state index contributed by atoms with van der Waals surface area (Å²) >= 11 is 1.61. The Bertz CT molecular complexity index is 474. The maximum absolute atomic E-state index is 13.5. The summed E-state index contributed by atoms with van der Waals surface area (Å²) in [6.07, 6.45) is 6.90. The van der Waals surface area contributed by atoms with Crippen LogP contribution in [-0.2, 0) is 11.2 Å². The minimum absolute atomic E-state index is 0.0394. The molecule has 0 saturated carbocycles. The van der Waals surface area contributed by atoms with Crippen molar-refractivity contribution in [3.63, 3.8) is 0 Å². The van der Waals surface area contributed by atoms with E-state index in [0.717, 1.165) is 18.3 Å². The Morgan fingerprint density at radius 1 is 1.27 bits per heavy atom. The number of benzene rings is 1. The van der Waals surface area contributed by atoms with Gasteiger partial charge in [-0.25, -0.2) is 4.39 Å². The van der Waals surface area contributed by atoms with Gasteiger partial charge in [0.15, 0.2) is 0 Å². The van der Waals surface area contributed by atoms with Crippen molar-refractivity contribution in [2.75, 3.05) is 33.1 Å². The Morgan fingerprint density at radius 2 is 1.70 bits per heavy atom. The highest BCUT2D eigenvalue weighted by atomic mass is 32.2. The first kappa shape index (κ1) is 33.6. The molecule has 1 aliphatic rings. The van der Waals surface area contributed by atoms with Crippen LogP contribution in [0, 0.1) is 5.82 Å². The topological polar surface area (TPSA) is 58.4 Å². The number of likely N-dealkylation sites (tertiary alicyclic amines) is 1. The molecule has 0 amide bonds. The highest BCUT2D eigenvalue weighted by Crippen LogP contribution is 2.16. The van der Waals surface area contributed by atoms with Gasteiger partial charge < -0.3 is 15.4 Å². The molecule has 3 N–H and O–H groups in total. The molecule has 7 heteroatoms. The average molecular weight is 450 g/mol. The standard InChI is InChI=1S/C15H23FN2.C2H5F.C2H7NS.C2H4O.C2H6/c1-12(18-8-4-5-9-18)10-14(17)11-13-6-2-3-7-15(13)16;1-2-3;1-3-4-2;1-2-3;1-2/h2-3,6-7,12,14H,4-5,8-11,17H2,1H3;2H2,1H3;3H,1-2H3;2H,1H3;1-2H3. The van der Waals surface area contributed by atoms with Crippen molar-refractivity contribution in [1.82, 2.24) is 9.62 Å². The SMILES string of the molecule is CC.CC(CC(N)Cc1ccccc1F)N1CCCC1.CC=O.CCF.CNSC. The summed E-state index contributed by atoms with van der Waals surface area (Å²) in [5.41, 5.74) is 6.88. The fourth-order valence-electron chi connectivity index (χ4n) is 2.80. The Labute approximate surface area is 188 Å². The van der Waals surface area contributed by atoms with Crippen molar-refractivity contribution in [3.05, 3.63) is 35.6 Å².